The predicted octanol–water partition coefficient (Wildman–Crippen LogP) is 2.19. The van der Waals surface area contributed by atoms with Crippen LogP contribution in [0.2, 0.25) is 0 Å². The zero-order chi connectivity index (χ0) is 26.7. The molecule has 1 atom stereocenters. The summed E-state index contributed by atoms with van der Waals surface area (Å²) in [5, 5.41) is 2.69. The molecule has 0 aliphatic carbocycles. The van der Waals surface area contributed by atoms with Gasteiger partial charge >= 0.3 is 5.69 Å². The molecule has 1 unspecified atom stereocenters. The fourth-order valence-electron chi connectivity index (χ4n) is 4.02. The lowest BCUT2D eigenvalue weighted by atomic mass is 9.96. The Balaban J connectivity index is 1.35. The second-order valence-corrected chi connectivity index (χ2v) is 9.13. The molecule has 0 radical (unpaired) electrons. The van der Waals surface area contributed by atoms with Gasteiger partial charge in [0.1, 0.15) is 5.82 Å². The minimum Gasteiger partial charge on any atom is -0.434 e. The van der Waals surface area contributed by atoms with E-state index in [4.69, 9.17) is 4.74 Å². The minimum atomic E-state index is -0.881. The monoisotopic (exact) mass is 513 g/mol. The predicted molar refractivity (Wildman–Crippen MR) is 128 cm³/mol. The van der Waals surface area contributed by atoms with Gasteiger partial charge in [-0.25, -0.2) is 28.5 Å². The van der Waals surface area contributed by atoms with Crippen LogP contribution in [0.25, 0.3) is 0 Å². The molecule has 11 nitrogen and oxygen atoms in total. The van der Waals surface area contributed by atoms with Crippen LogP contribution < -0.4 is 15.7 Å². The van der Waals surface area contributed by atoms with Gasteiger partial charge in [-0.2, -0.15) is 0 Å². The zero-order valence-electron chi connectivity index (χ0n) is 20.4. The van der Waals surface area contributed by atoms with Crippen LogP contribution >= 0.6 is 0 Å². The highest BCUT2D eigenvalue weighted by Crippen LogP contribution is 2.25. The first kappa shape index (κ1) is 25.8. The highest BCUT2D eigenvalue weighted by atomic mass is 19.1. The molecule has 0 bridgehead atoms. The van der Waals surface area contributed by atoms with Crippen LogP contribution in [0.1, 0.15) is 31.1 Å². The van der Waals surface area contributed by atoms with E-state index in [0.717, 1.165) is 12.1 Å². The highest BCUT2D eigenvalue weighted by molar-refractivity contribution is 5.95. The molecule has 3 heterocycles. The quantitative estimate of drug-likeness (QED) is 0.513. The summed E-state index contributed by atoms with van der Waals surface area (Å²) in [5.41, 5.74) is -0.858. The van der Waals surface area contributed by atoms with Crippen molar-refractivity contribution < 1.29 is 23.1 Å². The Bertz CT molecular complexity index is 1340. The summed E-state index contributed by atoms with van der Waals surface area (Å²) in [4.78, 5) is 54.8. The number of nitrogens with zero attached hydrogens (tertiary/aromatic N) is 5. The average Bonchev–Trinajstić information content (AvgIpc) is 2.86. The second kappa shape index (κ2) is 10.4. The molecule has 1 aromatic carbocycles. The van der Waals surface area contributed by atoms with E-state index in [2.05, 4.69) is 25.3 Å². The van der Waals surface area contributed by atoms with Crippen molar-refractivity contribution in [2.75, 3.05) is 25.0 Å². The number of amides is 2. The summed E-state index contributed by atoms with van der Waals surface area (Å²) in [6.07, 6.45) is 5.05. The Kier molecular flexibility index (Phi) is 7.25. The lowest BCUT2D eigenvalue weighted by Crippen LogP contribution is -2.63. The Morgan fingerprint density at radius 2 is 1.92 bits per heavy atom. The van der Waals surface area contributed by atoms with E-state index < -0.39 is 28.9 Å². The molecule has 2 amide bonds. The van der Waals surface area contributed by atoms with Crippen LogP contribution in [0.4, 0.5) is 14.6 Å². The third-order valence-corrected chi connectivity index (χ3v) is 6.01. The Morgan fingerprint density at radius 3 is 2.54 bits per heavy atom. The second-order valence-electron chi connectivity index (χ2n) is 9.13. The van der Waals surface area contributed by atoms with Gasteiger partial charge in [-0.05, 0) is 32.9 Å². The third-order valence-electron chi connectivity index (χ3n) is 6.01. The number of anilines is 1. The first-order valence-electron chi connectivity index (χ1n) is 11.4. The molecule has 37 heavy (non-hydrogen) atoms. The van der Waals surface area contributed by atoms with Crippen molar-refractivity contribution in [3.63, 3.8) is 0 Å². The molecule has 0 saturated carbocycles. The lowest BCUT2D eigenvalue weighted by molar-refractivity contribution is -0.122. The molecule has 4 rings (SSSR count). The number of aromatic nitrogens is 4. The van der Waals surface area contributed by atoms with Gasteiger partial charge in [0.15, 0.2) is 17.4 Å². The molecular formula is C24H25F2N7O4. The fraction of sp³-hybridized carbons (Fsp3) is 0.333. The normalized spacial score (nSPS) is 16.2. The molecule has 1 aliphatic rings. The van der Waals surface area contributed by atoms with E-state index in [1.807, 2.05) is 18.7 Å². The molecule has 1 saturated heterocycles. The number of H-pyrrole nitrogens is 1. The van der Waals surface area contributed by atoms with E-state index >= 15 is 0 Å². The zero-order valence-corrected chi connectivity index (χ0v) is 20.4. The maximum atomic E-state index is 13.8. The lowest BCUT2D eigenvalue weighted by Gasteiger charge is -2.48. The van der Waals surface area contributed by atoms with Crippen LogP contribution in [0.3, 0.4) is 0 Å². The van der Waals surface area contributed by atoms with Crippen molar-refractivity contribution in [3.05, 3.63) is 70.7 Å². The van der Waals surface area contributed by atoms with Gasteiger partial charge in [-0.3, -0.25) is 14.5 Å². The summed E-state index contributed by atoms with van der Waals surface area (Å²) in [7, 11) is 0. The van der Waals surface area contributed by atoms with Crippen molar-refractivity contribution in [2.24, 2.45) is 0 Å². The van der Waals surface area contributed by atoms with Gasteiger partial charge in [-0.1, -0.05) is 0 Å². The van der Waals surface area contributed by atoms with Crippen LogP contribution in [0, 0.1) is 11.6 Å². The van der Waals surface area contributed by atoms with Crippen LogP contribution in [0.5, 0.6) is 11.6 Å². The number of benzene rings is 1. The largest absolute Gasteiger partial charge is 0.434 e. The summed E-state index contributed by atoms with van der Waals surface area (Å²) >= 11 is 0. The molecule has 13 heteroatoms. The molecule has 194 valence electrons. The SMILES string of the molecule is CC(C(=O)Nc1cnc(Oc2ccc(F)cc2F)cn1)N1CCN(C(=O)c2cnc(=O)[nH]c2)C(C)(C)C1. The standard InChI is InChI=1S/C24H25F2N7O4/c1-14(32-6-7-33(24(2,3)13-32)22(35)15-9-29-23(36)30-10-15)21(34)31-19-11-28-20(12-27-19)37-18-5-4-16(25)8-17(18)26/h4-5,8-12,14H,6-7,13H2,1-3H3,(H,27,31,34)(H,29,30,36). The van der Waals surface area contributed by atoms with Crippen LogP contribution in [0.15, 0.2) is 47.8 Å². The smallest absolute Gasteiger partial charge is 0.344 e. The van der Waals surface area contributed by atoms with Crippen molar-refractivity contribution >= 4 is 17.6 Å². The van der Waals surface area contributed by atoms with Gasteiger partial charge in [-0.15, -0.1) is 0 Å². The van der Waals surface area contributed by atoms with Crippen molar-refractivity contribution in [3.8, 4) is 11.6 Å². The number of carbonyl (C=O) groups excluding carboxylic acids is 2. The minimum absolute atomic E-state index is 0.0308. The van der Waals surface area contributed by atoms with Gasteiger partial charge in [0.05, 0.1) is 29.5 Å². The fourth-order valence-corrected chi connectivity index (χ4v) is 4.02. The van der Waals surface area contributed by atoms with E-state index in [1.54, 1.807) is 11.8 Å². The number of hydrogen-bond donors (Lipinski definition) is 2. The van der Waals surface area contributed by atoms with E-state index in [0.29, 0.717) is 25.7 Å². The molecule has 0 spiro atoms. The Morgan fingerprint density at radius 1 is 1.14 bits per heavy atom. The van der Waals surface area contributed by atoms with Crippen molar-refractivity contribution in [2.45, 2.75) is 32.4 Å². The number of carbonyl (C=O) groups is 2. The number of aromatic amines is 1. The highest BCUT2D eigenvalue weighted by Gasteiger charge is 2.39. The number of piperazine rings is 1. The molecule has 2 N–H and O–H groups in total. The first-order chi connectivity index (χ1) is 17.5. The maximum absolute atomic E-state index is 13.8. The third kappa shape index (κ3) is 5.94. The number of halogens is 2. The number of rotatable bonds is 6. The number of hydrogen-bond acceptors (Lipinski definition) is 8. The molecule has 3 aromatic rings. The molecule has 1 fully saturated rings. The Hall–Kier alpha value is -4.26. The van der Waals surface area contributed by atoms with E-state index in [-0.39, 0.29) is 34.8 Å². The molecular weight excluding hydrogens is 488 g/mol. The van der Waals surface area contributed by atoms with Crippen molar-refractivity contribution in [1.29, 1.82) is 0 Å². The maximum Gasteiger partial charge on any atom is 0.344 e. The van der Waals surface area contributed by atoms with Crippen LogP contribution in [-0.4, -0.2) is 72.8 Å². The van der Waals surface area contributed by atoms with Gasteiger partial charge in [0.25, 0.3) is 5.91 Å². The average molecular weight is 514 g/mol. The van der Waals surface area contributed by atoms with Crippen molar-refractivity contribution in [1.82, 2.24) is 29.7 Å². The van der Waals surface area contributed by atoms with Gasteiger partial charge in [0, 0.05) is 38.1 Å². The summed E-state index contributed by atoms with van der Waals surface area (Å²) < 4.78 is 32.1. The van der Waals surface area contributed by atoms with E-state index in [9.17, 15) is 23.2 Å². The topological polar surface area (TPSA) is 133 Å². The van der Waals surface area contributed by atoms with Gasteiger partial charge in [0.2, 0.25) is 11.8 Å². The van der Waals surface area contributed by atoms with Gasteiger partial charge < -0.3 is 19.9 Å². The van der Waals surface area contributed by atoms with E-state index in [1.165, 1.54) is 24.8 Å². The Labute approximate surface area is 210 Å². The summed E-state index contributed by atoms with van der Waals surface area (Å²) in [5.74, 6) is -2.27. The molecule has 2 aromatic heterocycles. The summed E-state index contributed by atoms with van der Waals surface area (Å²) in [6, 6.07) is 2.34. The first-order valence-corrected chi connectivity index (χ1v) is 11.4. The molecule has 1 aliphatic heterocycles. The number of nitrogens with one attached hydrogen (secondary N) is 2. The summed E-state index contributed by atoms with van der Waals surface area (Å²) in [6.45, 7) is 6.78. The number of ether oxygens (including phenoxy) is 1. The van der Waals surface area contributed by atoms with Crippen LogP contribution in [-0.2, 0) is 4.79 Å².